The van der Waals surface area contributed by atoms with Gasteiger partial charge in [0, 0.05) is 42.9 Å². The molecule has 3 aliphatic heterocycles. The minimum atomic E-state index is 0.0487. The number of aliphatic hydroxyl groups is 1. The number of ether oxygens (including phenoxy) is 1. The van der Waals surface area contributed by atoms with E-state index in [1.807, 2.05) is 6.07 Å². The van der Waals surface area contributed by atoms with E-state index in [-0.39, 0.29) is 24.5 Å². The van der Waals surface area contributed by atoms with Gasteiger partial charge < -0.3 is 25.4 Å². The number of carbonyl (C=O) groups is 1. The lowest BCUT2D eigenvalue weighted by atomic mass is 9.76. The van der Waals surface area contributed by atoms with Crippen molar-refractivity contribution in [3.05, 3.63) is 69.8 Å². The summed E-state index contributed by atoms with van der Waals surface area (Å²) >= 11 is 0. The molecule has 37 heavy (non-hydrogen) atoms. The van der Waals surface area contributed by atoms with Crippen molar-refractivity contribution in [1.82, 2.24) is 10.6 Å². The summed E-state index contributed by atoms with van der Waals surface area (Å²) in [6.07, 6.45) is 13.5. The average molecular weight is 498 g/mol. The molecule has 6 heteroatoms. The molecule has 2 aromatic carbocycles. The Kier molecular flexibility index (Phi) is 5.63. The highest BCUT2D eigenvalue weighted by molar-refractivity contribution is 6.08. The molecule has 3 unspecified atom stereocenters. The minimum absolute atomic E-state index is 0.0487. The van der Waals surface area contributed by atoms with Crippen molar-refractivity contribution in [2.75, 3.05) is 31.7 Å². The molecule has 0 spiro atoms. The second-order valence-electron chi connectivity index (χ2n) is 11.0. The molecule has 5 aliphatic rings. The Morgan fingerprint density at radius 3 is 2.89 bits per heavy atom. The van der Waals surface area contributed by atoms with Crippen LogP contribution in [0.4, 0.5) is 5.69 Å². The monoisotopic (exact) mass is 497 g/mol. The molecule has 2 aliphatic carbocycles. The predicted molar refractivity (Wildman–Crippen MR) is 145 cm³/mol. The third-order valence-electron chi connectivity index (χ3n) is 9.07. The molecule has 7 rings (SSSR count). The maximum Gasteiger partial charge on any atom is 0.252 e. The fraction of sp³-hybridized carbons (Fsp3) is 0.452. The van der Waals surface area contributed by atoms with Gasteiger partial charge >= 0.3 is 0 Å². The summed E-state index contributed by atoms with van der Waals surface area (Å²) in [6.45, 7) is 2.65. The molecule has 1 fully saturated rings. The van der Waals surface area contributed by atoms with Gasteiger partial charge in [-0.2, -0.15) is 0 Å². The van der Waals surface area contributed by atoms with E-state index in [1.165, 1.54) is 52.8 Å². The zero-order valence-corrected chi connectivity index (χ0v) is 21.5. The van der Waals surface area contributed by atoms with Gasteiger partial charge in [0.15, 0.2) is 0 Å². The van der Waals surface area contributed by atoms with Gasteiger partial charge in [0.25, 0.3) is 5.91 Å². The number of hydrogen-bond donors (Lipinski definition) is 3. The fourth-order valence-corrected chi connectivity index (χ4v) is 7.45. The molecular weight excluding hydrogens is 462 g/mol. The lowest BCUT2D eigenvalue weighted by Crippen LogP contribution is -2.38. The Bertz CT molecular complexity index is 1340. The molecule has 0 aromatic heterocycles. The van der Waals surface area contributed by atoms with Gasteiger partial charge in [0.1, 0.15) is 5.75 Å². The van der Waals surface area contributed by atoms with Crippen LogP contribution in [0.3, 0.4) is 0 Å². The number of anilines is 1. The van der Waals surface area contributed by atoms with Crippen LogP contribution in [0.15, 0.2) is 42.0 Å². The highest BCUT2D eigenvalue weighted by Gasteiger charge is 2.45. The van der Waals surface area contributed by atoms with Crippen LogP contribution >= 0.6 is 0 Å². The van der Waals surface area contributed by atoms with E-state index in [1.54, 1.807) is 7.11 Å². The Balaban J connectivity index is 1.44. The molecule has 0 bridgehead atoms. The van der Waals surface area contributed by atoms with Gasteiger partial charge in [0.05, 0.1) is 18.7 Å². The number of nitrogens with zero attached hydrogens (tertiary/aromatic N) is 1. The molecule has 6 nitrogen and oxygen atoms in total. The highest BCUT2D eigenvalue weighted by atomic mass is 16.5. The molecule has 3 heterocycles. The molecule has 3 N–H and O–H groups in total. The quantitative estimate of drug-likeness (QED) is 0.583. The lowest BCUT2D eigenvalue weighted by molar-refractivity contribution is 0.0966. The number of methoxy groups -OCH3 is 1. The van der Waals surface area contributed by atoms with Crippen molar-refractivity contribution < 1.29 is 14.6 Å². The first-order valence-electron chi connectivity index (χ1n) is 13.9. The van der Waals surface area contributed by atoms with Crippen molar-refractivity contribution in [3.63, 3.8) is 0 Å². The Morgan fingerprint density at radius 2 is 2.08 bits per heavy atom. The Labute approximate surface area is 218 Å². The minimum Gasteiger partial charge on any atom is -0.497 e. The second-order valence-corrected chi connectivity index (χ2v) is 11.0. The van der Waals surface area contributed by atoms with Crippen molar-refractivity contribution in [3.8, 4) is 16.9 Å². The van der Waals surface area contributed by atoms with Gasteiger partial charge in [0.2, 0.25) is 0 Å². The van der Waals surface area contributed by atoms with Crippen molar-refractivity contribution in [2.24, 2.45) is 0 Å². The van der Waals surface area contributed by atoms with Crippen LogP contribution in [0.1, 0.15) is 64.2 Å². The zero-order chi connectivity index (χ0) is 25.1. The molecule has 0 saturated carbocycles. The predicted octanol–water partition coefficient (Wildman–Crippen LogP) is 4.00. The van der Waals surface area contributed by atoms with E-state index in [4.69, 9.17) is 4.74 Å². The summed E-state index contributed by atoms with van der Waals surface area (Å²) in [7, 11) is 1.70. The second kappa shape index (κ2) is 9.03. The highest BCUT2D eigenvalue weighted by Crippen LogP contribution is 2.55. The SMILES string of the molecule is COc1ccc2c(c1)CCc1c-2c2c(c3c1N(CCCO)C1C=CC(C4CCCCN4)=CC31)CNC2=O. The number of benzene rings is 2. The molecule has 0 radical (unpaired) electrons. The van der Waals surface area contributed by atoms with Crippen LogP contribution < -0.4 is 20.3 Å². The molecule has 3 atom stereocenters. The number of amides is 1. The van der Waals surface area contributed by atoms with E-state index < -0.39 is 0 Å². The van der Waals surface area contributed by atoms with Crippen LogP contribution in [0.25, 0.3) is 11.1 Å². The fourth-order valence-electron chi connectivity index (χ4n) is 7.45. The largest absolute Gasteiger partial charge is 0.497 e. The lowest BCUT2D eigenvalue weighted by Gasteiger charge is -2.33. The number of aliphatic hydroxyl groups excluding tert-OH is 1. The Hall–Kier alpha value is -3.09. The summed E-state index contributed by atoms with van der Waals surface area (Å²) in [4.78, 5) is 15.9. The number of carbonyl (C=O) groups excluding carboxylic acids is 1. The van der Waals surface area contributed by atoms with E-state index in [2.05, 4.69) is 45.9 Å². The number of piperidine rings is 1. The molecule has 192 valence electrons. The smallest absolute Gasteiger partial charge is 0.252 e. The molecular formula is C31H35N3O3. The summed E-state index contributed by atoms with van der Waals surface area (Å²) in [5, 5.41) is 16.7. The van der Waals surface area contributed by atoms with Gasteiger partial charge in [-0.15, -0.1) is 0 Å². The van der Waals surface area contributed by atoms with Crippen molar-refractivity contribution in [1.29, 1.82) is 0 Å². The van der Waals surface area contributed by atoms with Crippen LogP contribution in [0, 0.1) is 0 Å². The van der Waals surface area contributed by atoms with E-state index >= 15 is 0 Å². The van der Waals surface area contributed by atoms with Crippen molar-refractivity contribution in [2.45, 2.75) is 63.1 Å². The standard InChI is InChI=1S/C31H35N3O3/c1-37-20-8-10-21-18(15-20)6-9-22-27(21)29-24(17-33-31(29)36)28-23-16-19(25-5-2-3-12-32-25)7-11-26(23)34(30(22)28)13-4-14-35/h7-8,10-11,15-16,23,25-26,32,35H,2-6,9,12-14,17H2,1H3,(H,33,36). The van der Waals surface area contributed by atoms with Gasteiger partial charge in [-0.25, -0.2) is 0 Å². The van der Waals surface area contributed by atoms with E-state index in [9.17, 15) is 9.90 Å². The average Bonchev–Trinajstić information content (AvgIpc) is 3.49. The summed E-state index contributed by atoms with van der Waals surface area (Å²) < 4.78 is 5.51. The summed E-state index contributed by atoms with van der Waals surface area (Å²) in [5.41, 5.74) is 10.9. The Morgan fingerprint density at radius 1 is 1.16 bits per heavy atom. The number of fused-ring (bicyclic) bond motifs is 10. The molecule has 1 amide bonds. The number of aryl methyl sites for hydroxylation is 1. The van der Waals surface area contributed by atoms with Crippen molar-refractivity contribution >= 4 is 11.6 Å². The van der Waals surface area contributed by atoms with Gasteiger partial charge in [-0.3, -0.25) is 4.79 Å². The molecule has 2 aromatic rings. The van der Waals surface area contributed by atoms with Crippen LogP contribution in [0.2, 0.25) is 0 Å². The van der Waals surface area contributed by atoms with E-state index in [0.717, 1.165) is 54.8 Å². The first kappa shape index (κ1) is 23.1. The third kappa shape index (κ3) is 3.49. The zero-order valence-electron chi connectivity index (χ0n) is 21.5. The van der Waals surface area contributed by atoms with Gasteiger partial charge in [-0.1, -0.05) is 30.7 Å². The van der Waals surface area contributed by atoms with Crippen LogP contribution in [0.5, 0.6) is 5.75 Å². The topological polar surface area (TPSA) is 73.8 Å². The summed E-state index contributed by atoms with van der Waals surface area (Å²) in [5.74, 6) is 1.13. The first-order valence-corrected chi connectivity index (χ1v) is 13.9. The molecule has 1 saturated heterocycles. The van der Waals surface area contributed by atoms with Gasteiger partial charge in [-0.05, 0) is 84.2 Å². The first-order chi connectivity index (χ1) is 18.2. The van der Waals surface area contributed by atoms with Crippen LogP contribution in [-0.4, -0.2) is 49.9 Å². The normalized spacial score (nSPS) is 25.0. The number of nitrogens with one attached hydrogen (secondary N) is 2. The maximum absolute atomic E-state index is 13.4. The maximum atomic E-state index is 13.4. The van der Waals surface area contributed by atoms with Crippen LogP contribution in [-0.2, 0) is 19.4 Å². The number of rotatable bonds is 5. The number of hydrogen-bond acceptors (Lipinski definition) is 5. The summed E-state index contributed by atoms with van der Waals surface area (Å²) in [6, 6.07) is 6.91. The third-order valence-corrected chi connectivity index (χ3v) is 9.07. The van der Waals surface area contributed by atoms with E-state index in [0.29, 0.717) is 12.6 Å².